The van der Waals surface area contributed by atoms with Crippen molar-refractivity contribution in [2.75, 3.05) is 13.2 Å². The minimum atomic E-state index is -0.494. The van der Waals surface area contributed by atoms with Gasteiger partial charge in [-0.2, -0.15) is 0 Å². The Morgan fingerprint density at radius 3 is 2.92 bits per heavy atom. The highest BCUT2D eigenvalue weighted by atomic mass is 16.5. The minimum absolute atomic E-state index is 0.229. The molecule has 0 aromatic heterocycles. The maximum atomic E-state index is 11.0. The maximum absolute atomic E-state index is 11.0. The molecule has 12 heavy (non-hydrogen) atoms. The monoisotopic (exact) mass is 172 g/mol. The zero-order chi connectivity index (χ0) is 8.97. The van der Waals surface area contributed by atoms with Crippen LogP contribution < -0.4 is 11.1 Å². The summed E-state index contributed by atoms with van der Waals surface area (Å²) < 4.78 is 5.10. The molecule has 0 aliphatic carbocycles. The van der Waals surface area contributed by atoms with Crippen LogP contribution in [0.5, 0.6) is 0 Å². The third-order valence-electron chi connectivity index (χ3n) is 1.63. The lowest BCUT2D eigenvalue weighted by Crippen LogP contribution is -2.45. The van der Waals surface area contributed by atoms with E-state index >= 15 is 0 Å². The molecule has 0 spiro atoms. The molecule has 2 amide bonds. The lowest BCUT2D eigenvalue weighted by Gasteiger charge is -2.20. The molecule has 68 valence electrons. The van der Waals surface area contributed by atoms with E-state index in [-0.39, 0.29) is 11.8 Å². The first-order valence-electron chi connectivity index (χ1n) is 3.89. The van der Waals surface area contributed by atoms with Crippen molar-refractivity contribution in [3.63, 3.8) is 0 Å². The number of nitrogens with two attached hydrogens (primary N) is 1. The SMILES string of the molecule is NCCOC1CCC(=O)NC1=O. The number of piperidine rings is 1. The number of hydrogen-bond donors (Lipinski definition) is 2. The summed E-state index contributed by atoms with van der Waals surface area (Å²) in [4.78, 5) is 21.7. The Morgan fingerprint density at radius 1 is 1.58 bits per heavy atom. The maximum Gasteiger partial charge on any atom is 0.255 e. The molecule has 1 rings (SSSR count). The summed E-state index contributed by atoms with van der Waals surface area (Å²) in [6.45, 7) is 0.740. The molecule has 0 aromatic rings. The van der Waals surface area contributed by atoms with Gasteiger partial charge in [-0.1, -0.05) is 0 Å². The summed E-state index contributed by atoms with van der Waals surface area (Å²) in [5.74, 6) is -0.577. The van der Waals surface area contributed by atoms with Crippen LogP contribution in [0, 0.1) is 0 Å². The van der Waals surface area contributed by atoms with E-state index in [0.29, 0.717) is 26.0 Å². The quantitative estimate of drug-likeness (QED) is 0.522. The van der Waals surface area contributed by atoms with Gasteiger partial charge < -0.3 is 10.5 Å². The lowest BCUT2D eigenvalue weighted by molar-refractivity contribution is -0.143. The number of carbonyl (C=O) groups is 2. The van der Waals surface area contributed by atoms with E-state index in [0.717, 1.165) is 0 Å². The number of amides is 2. The van der Waals surface area contributed by atoms with Crippen molar-refractivity contribution >= 4 is 11.8 Å². The highest BCUT2D eigenvalue weighted by molar-refractivity contribution is 5.99. The molecule has 3 N–H and O–H groups in total. The summed E-state index contributed by atoms with van der Waals surface area (Å²) in [6, 6.07) is 0. The second kappa shape index (κ2) is 4.18. The van der Waals surface area contributed by atoms with Crippen LogP contribution >= 0.6 is 0 Å². The van der Waals surface area contributed by atoms with Gasteiger partial charge in [-0.05, 0) is 6.42 Å². The smallest absolute Gasteiger partial charge is 0.255 e. The first-order chi connectivity index (χ1) is 5.74. The Morgan fingerprint density at radius 2 is 2.33 bits per heavy atom. The van der Waals surface area contributed by atoms with Crippen molar-refractivity contribution in [3.8, 4) is 0 Å². The molecule has 1 unspecified atom stereocenters. The predicted molar refractivity (Wildman–Crippen MR) is 41.2 cm³/mol. The van der Waals surface area contributed by atoms with Crippen molar-refractivity contribution < 1.29 is 14.3 Å². The summed E-state index contributed by atoms with van der Waals surface area (Å²) in [5, 5.41) is 2.19. The molecule has 1 fully saturated rings. The molecule has 1 heterocycles. The van der Waals surface area contributed by atoms with Crippen molar-refractivity contribution in [2.24, 2.45) is 5.73 Å². The largest absolute Gasteiger partial charge is 0.367 e. The molecule has 5 heteroatoms. The van der Waals surface area contributed by atoms with Gasteiger partial charge in [0.1, 0.15) is 6.10 Å². The van der Waals surface area contributed by atoms with Gasteiger partial charge in [0.05, 0.1) is 6.61 Å². The Kier molecular flexibility index (Phi) is 3.19. The predicted octanol–water partition coefficient (Wildman–Crippen LogP) is -1.23. The highest BCUT2D eigenvalue weighted by Crippen LogP contribution is 2.07. The van der Waals surface area contributed by atoms with Gasteiger partial charge in [0, 0.05) is 13.0 Å². The van der Waals surface area contributed by atoms with E-state index in [1.807, 2.05) is 0 Å². The van der Waals surface area contributed by atoms with Crippen molar-refractivity contribution in [1.29, 1.82) is 0 Å². The average Bonchev–Trinajstić information content (AvgIpc) is 2.03. The molecular formula is C7H12N2O3. The molecule has 1 saturated heterocycles. The van der Waals surface area contributed by atoms with Gasteiger partial charge in [0.15, 0.2) is 0 Å². The topological polar surface area (TPSA) is 81.4 Å². The van der Waals surface area contributed by atoms with Crippen molar-refractivity contribution in [1.82, 2.24) is 5.32 Å². The zero-order valence-corrected chi connectivity index (χ0v) is 6.71. The number of hydrogen-bond acceptors (Lipinski definition) is 4. The summed E-state index contributed by atoms with van der Waals surface area (Å²) >= 11 is 0. The molecule has 0 bridgehead atoms. The number of nitrogens with one attached hydrogen (secondary N) is 1. The van der Waals surface area contributed by atoms with E-state index in [2.05, 4.69) is 5.32 Å². The number of rotatable bonds is 3. The first kappa shape index (κ1) is 9.15. The van der Waals surface area contributed by atoms with E-state index in [4.69, 9.17) is 10.5 Å². The average molecular weight is 172 g/mol. The van der Waals surface area contributed by atoms with Crippen LogP contribution in [0.4, 0.5) is 0 Å². The van der Waals surface area contributed by atoms with Crippen LogP contribution in [0.25, 0.3) is 0 Å². The van der Waals surface area contributed by atoms with Gasteiger partial charge >= 0.3 is 0 Å². The molecule has 0 saturated carbocycles. The van der Waals surface area contributed by atoms with E-state index < -0.39 is 6.10 Å². The Hall–Kier alpha value is -0.940. The third-order valence-corrected chi connectivity index (χ3v) is 1.63. The first-order valence-corrected chi connectivity index (χ1v) is 3.89. The summed E-state index contributed by atoms with van der Waals surface area (Å²) in [6.07, 6.45) is 0.317. The van der Waals surface area contributed by atoms with Gasteiger partial charge in [-0.25, -0.2) is 0 Å². The fourth-order valence-corrected chi connectivity index (χ4v) is 1.04. The summed E-state index contributed by atoms with van der Waals surface area (Å²) in [7, 11) is 0. The Balaban J connectivity index is 2.35. The number of imide groups is 1. The standard InChI is InChI=1S/C7H12N2O3/c8-3-4-12-5-1-2-6(10)9-7(5)11/h5H,1-4,8H2,(H,9,10,11). The highest BCUT2D eigenvalue weighted by Gasteiger charge is 2.26. The molecule has 1 atom stereocenters. The molecular weight excluding hydrogens is 160 g/mol. The number of carbonyl (C=O) groups excluding carboxylic acids is 2. The molecule has 1 aliphatic rings. The Labute approximate surface area is 70.2 Å². The van der Waals surface area contributed by atoms with Crippen LogP contribution in [0.1, 0.15) is 12.8 Å². The van der Waals surface area contributed by atoms with Crippen LogP contribution in [0.3, 0.4) is 0 Å². The van der Waals surface area contributed by atoms with Crippen molar-refractivity contribution in [2.45, 2.75) is 18.9 Å². The van der Waals surface area contributed by atoms with E-state index in [1.165, 1.54) is 0 Å². The van der Waals surface area contributed by atoms with Crippen LogP contribution in [-0.4, -0.2) is 31.1 Å². The van der Waals surface area contributed by atoms with Gasteiger partial charge in [0.2, 0.25) is 5.91 Å². The summed E-state index contributed by atoms with van der Waals surface area (Å²) in [5.41, 5.74) is 5.19. The van der Waals surface area contributed by atoms with Crippen molar-refractivity contribution in [3.05, 3.63) is 0 Å². The van der Waals surface area contributed by atoms with E-state index in [9.17, 15) is 9.59 Å². The van der Waals surface area contributed by atoms with Gasteiger partial charge in [0.25, 0.3) is 5.91 Å². The molecule has 5 nitrogen and oxygen atoms in total. The second-order valence-electron chi connectivity index (χ2n) is 2.60. The zero-order valence-electron chi connectivity index (χ0n) is 6.71. The molecule has 0 aromatic carbocycles. The second-order valence-corrected chi connectivity index (χ2v) is 2.60. The van der Waals surface area contributed by atoms with Gasteiger partial charge in [-0.15, -0.1) is 0 Å². The van der Waals surface area contributed by atoms with Gasteiger partial charge in [-0.3, -0.25) is 14.9 Å². The van der Waals surface area contributed by atoms with Crippen LogP contribution in [0.2, 0.25) is 0 Å². The fourth-order valence-electron chi connectivity index (χ4n) is 1.04. The normalized spacial score (nSPS) is 23.9. The number of ether oxygens (including phenoxy) is 1. The minimum Gasteiger partial charge on any atom is -0.367 e. The molecule has 1 aliphatic heterocycles. The fraction of sp³-hybridized carbons (Fsp3) is 0.714. The molecule has 0 radical (unpaired) electrons. The Bertz CT molecular complexity index is 193. The van der Waals surface area contributed by atoms with Crippen LogP contribution in [0.15, 0.2) is 0 Å². The third kappa shape index (κ3) is 2.28. The lowest BCUT2D eigenvalue weighted by atomic mass is 10.1. The van der Waals surface area contributed by atoms with Crippen LogP contribution in [-0.2, 0) is 14.3 Å². The van der Waals surface area contributed by atoms with E-state index in [1.54, 1.807) is 0 Å².